The number of methoxy groups -OCH3 is 1. The quantitative estimate of drug-likeness (QED) is 0.461. The predicted octanol–water partition coefficient (Wildman–Crippen LogP) is 3.38. The molecule has 0 unspecified atom stereocenters. The number of rotatable bonds is 5. The molecule has 1 saturated heterocycles. The van der Waals surface area contributed by atoms with E-state index in [1.54, 1.807) is 25.6 Å². The van der Waals surface area contributed by atoms with Crippen molar-refractivity contribution in [3.8, 4) is 18.1 Å². The van der Waals surface area contributed by atoms with E-state index in [0.717, 1.165) is 41.5 Å². The molecule has 0 aliphatic carbocycles. The zero-order valence-electron chi connectivity index (χ0n) is 18.2. The molecule has 4 rings (SSSR count). The van der Waals surface area contributed by atoms with Crippen LogP contribution in [0.3, 0.4) is 0 Å². The molecule has 2 aromatic carbocycles. The monoisotopic (exact) mass is 427 g/mol. The summed E-state index contributed by atoms with van der Waals surface area (Å²) in [4.78, 5) is 33.1. The van der Waals surface area contributed by atoms with Crippen LogP contribution in [0.2, 0.25) is 0 Å². The molecule has 3 aromatic rings. The van der Waals surface area contributed by atoms with Gasteiger partial charge in [0.1, 0.15) is 12.0 Å². The van der Waals surface area contributed by atoms with Crippen molar-refractivity contribution in [2.24, 2.45) is 0 Å². The van der Waals surface area contributed by atoms with Crippen molar-refractivity contribution in [1.29, 1.82) is 0 Å². The lowest BCUT2D eigenvalue weighted by molar-refractivity contribution is 0.0477. The van der Waals surface area contributed by atoms with Gasteiger partial charge in [-0.1, -0.05) is 5.92 Å². The van der Waals surface area contributed by atoms with E-state index in [0.29, 0.717) is 29.8 Å². The SMILES string of the molecule is C#Cc1cc(C=O)cc(CN2CCN(C(=O)c3ccc(OC)c4ccncc34)[C@H](C)C2)c1. The van der Waals surface area contributed by atoms with Crippen molar-refractivity contribution >= 4 is 23.0 Å². The summed E-state index contributed by atoms with van der Waals surface area (Å²) in [7, 11) is 1.62. The number of carbonyl (C=O) groups excluding carboxylic acids is 2. The Labute approximate surface area is 187 Å². The van der Waals surface area contributed by atoms with Gasteiger partial charge in [0.2, 0.25) is 0 Å². The number of benzene rings is 2. The normalized spacial score (nSPS) is 16.5. The Bertz CT molecular complexity index is 1210. The number of terminal acetylenes is 1. The maximum atomic E-state index is 13.4. The predicted molar refractivity (Wildman–Crippen MR) is 124 cm³/mol. The lowest BCUT2D eigenvalue weighted by Gasteiger charge is -2.40. The lowest BCUT2D eigenvalue weighted by Crippen LogP contribution is -2.53. The molecule has 2 heterocycles. The van der Waals surface area contributed by atoms with Gasteiger partial charge in [-0.25, -0.2) is 0 Å². The average molecular weight is 428 g/mol. The number of piperazine rings is 1. The average Bonchev–Trinajstić information content (AvgIpc) is 2.82. The number of aldehydes is 1. The summed E-state index contributed by atoms with van der Waals surface area (Å²) in [6.07, 6.45) is 9.76. The number of hydrogen-bond acceptors (Lipinski definition) is 5. The third-order valence-corrected chi connectivity index (χ3v) is 5.92. The fourth-order valence-electron chi connectivity index (χ4n) is 4.38. The number of ether oxygens (including phenoxy) is 1. The van der Waals surface area contributed by atoms with Gasteiger partial charge in [0.05, 0.1) is 7.11 Å². The van der Waals surface area contributed by atoms with Crippen molar-refractivity contribution < 1.29 is 14.3 Å². The zero-order chi connectivity index (χ0) is 22.7. The minimum atomic E-state index is -0.00428. The molecule has 32 heavy (non-hydrogen) atoms. The first kappa shape index (κ1) is 21.5. The molecule has 162 valence electrons. The third kappa shape index (κ3) is 4.20. The molecule has 1 aromatic heterocycles. The highest BCUT2D eigenvalue weighted by Gasteiger charge is 2.29. The number of pyridine rings is 1. The number of amides is 1. The molecule has 0 spiro atoms. The van der Waals surface area contributed by atoms with Crippen LogP contribution in [0.15, 0.2) is 48.8 Å². The summed E-state index contributed by atoms with van der Waals surface area (Å²) in [6, 6.07) is 11.1. The van der Waals surface area contributed by atoms with Crippen LogP contribution < -0.4 is 4.74 Å². The second-order valence-corrected chi connectivity index (χ2v) is 8.04. The summed E-state index contributed by atoms with van der Waals surface area (Å²) in [5.74, 6) is 3.33. The van der Waals surface area contributed by atoms with Gasteiger partial charge in [0.15, 0.2) is 0 Å². The molecule has 0 bridgehead atoms. The second-order valence-electron chi connectivity index (χ2n) is 8.04. The Morgan fingerprint density at radius 1 is 1.25 bits per heavy atom. The maximum absolute atomic E-state index is 13.4. The van der Waals surface area contributed by atoms with Crippen LogP contribution in [0.1, 0.15) is 38.8 Å². The first-order chi connectivity index (χ1) is 15.5. The molecule has 0 N–H and O–H groups in total. The summed E-state index contributed by atoms with van der Waals surface area (Å²) >= 11 is 0. The number of hydrogen-bond donors (Lipinski definition) is 0. The van der Waals surface area contributed by atoms with Crippen molar-refractivity contribution in [3.63, 3.8) is 0 Å². The molecule has 1 fully saturated rings. The number of carbonyl (C=O) groups is 2. The smallest absolute Gasteiger partial charge is 0.254 e. The van der Waals surface area contributed by atoms with Crippen molar-refractivity contribution in [1.82, 2.24) is 14.8 Å². The topological polar surface area (TPSA) is 62.7 Å². The highest BCUT2D eigenvalue weighted by molar-refractivity contribution is 6.08. The molecule has 0 saturated carbocycles. The fourth-order valence-corrected chi connectivity index (χ4v) is 4.38. The molecule has 1 aliphatic rings. The van der Waals surface area contributed by atoms with Gasteiger partial charge in [-0.2, -0.15) is 0 Å². The maximum Gasteiger partial charge on any atom is 0.254 e. The van der Waals surface area contributed by atoms with Crippen molar-refractivity contribution in [2.45, 2.75) is 19.5 Å². The van der Waals surface area contributed by atoms with Crippen molar-refractivity contribution in [2.75, 3.05) is 26.7 Å². The highest BCUT2D eigenvalue weighted by atomic mass is 16.5. The largest absolute Gasteiger partial charge is 0.496 e. The van der Waals surface area contributed by atoms with Gasteiger partial charge in [-0.05, 0) is 48.9 Å². The number of fused-ring (bicyclic) bond motifs is 1. The van der Waals surface area contributed by atoms with Gasteiger partial charge in [0.25, 0.3) is 5.91 Å². The van der Waals surface area contributed by atoms with Gasteiger partial charge in [0, 0.05) is 72.1 Å². The molecule has 1 aliphatic heterocycles. The van der Waals surface area contributed by atoms with Gasteiger partial charge in [-0.3, -0.25) is 19.5 Å². The summed E-state index contributed by atoms with van der Waals surface area (Å²) < 4.78 is 5.44. The van der Waals surface area contributed by atoms with Crippen molar-refractivity contribution in [3.05, 3.63) is 71.0 Å². The highest BCUT2D eigenvalue weighted by Crippen LogP contribution is 2.29. The molecular formula is C26H25N3O3. The van der Waals surface area contributed by atoms with E-state index in [9.17, 15) is 9.59 Å². The number of nitrogens with zero attached hydrogens (tertiary/aromatic N) is 3. The zero-order valence-corrected chi connectivity index (χ0v) is 18.2. The van der Waals surface area contributed by atoms with E-state index in [1.165, 1.54) is 0 Å². The van der Waals surface area contributed by atoms with Crippen LogP contribution in [0.4, 0.5) is 0 Å². The molecular weight excluding hydrogens is 402 g/mol. The molecule has 0 radical (unpaired) electrons. The van der Waals surface area contributed by atoms with Crippen LogP contribution in [0.25, 0.3) is 10.8 Å². The van der Waals surface area contributed by atoms with E-state index in [-0.39, 0.29) is 11.9 Å². The third-order valence-electron chi connectivity index (χ3n) is 5.92. The summed E-state index contributed by atoms with van der Waals surface area (Å²) in [5.41, 5.74) is 2.91. The van der Waals surface area contributed by atoms with Crippen LogP contribution >= 0.6 is 0 Å². The van der Waals surface area contributed by atoms with Gasteiger partial charge in [-0.15, -0.1) is 6.42 Å². The Hall–Kier alpha value is -3.69. The Morgan fingerprint density at radius 2 is 2.09 bits per heavy atom. The molecule has 1 amide bonds. The first-order valence-electron chi connectivity index (χ1n) is 10.5. The minimum absolute atomic E-state index is 0.00428. The van der Waals surface area contributed by atoms with E-state index < -0.39 is 0 Å². The van der Waals surface area contributed by atoms with Crippen LogP contribution in [0.5, 0.6) is 5.75 Å². The Kier molecular flexibility index (Phi) is 6.20. The van der Waals surface area contributed by atoms with Gasteiger partial charge >= 0.3 is 0 Å². The van der Waals surface area contributed by atoms with Crippen LogP contribution in [-0.4, -0.2) is 59.8 Å². The lowest BCUT2D eigenvalue weighted by atomic mass is 10.0. The summed E-state index contributed by atoms with van der Waals surface area (Å²) in [6.45, 7) is 4.82. The van der Waals surface area contributed by atoms with E-state index in [4.69, 9.17) is 11.2 Å². The Morgan fingerprint density at radius 3 is 2.81 bits per heavy atom. The Balaban J connectivity index is 1.51. The van der Waals surface area contributed by atoms with E-state index in [2.05, 4.69) is 22.7 Å². The molecule has 6 nitrogen and oxygen atoms in total. The second kappa shape index (κ2) is 9.21. The van der Waals surface area contributed by atoms with Crippen LogP contribution in [0, 0.1) is 12.3 Å². The molecule has 1 atom stereocenters. The molecule has 6 heteroatoms. The number of aromatic nitrogens is 1. The minimum Gasteiger partial charge on any atom is -0.496 e. The summed E-state index contributed by atoms with van der Waals surface area (Å²) in [5, 5.41) is 1.66. The van der Waals surface area contributed by atoms with Crippen LogP contribution in [-0.2, 0) is 6.54 Å². The van der Waals surface area contributed by atoms with E-state index >= 15 is 0 Å². The van der Waals surface area contributed by atoms with E-state index in [1.807, 2.05) is 35.2 Å². The van der Waals surface area contributed by atoms with Gasteiger partial charge < -0.3 is 9.64 Å². The standard InChI is InChI=1S/C26H25N3O3/c1-4-19-11-20(13-21(12-19)17-30)16-28-9-10-29(18(2)15-28)26(31)23-5-6-25(32-3)22-7-8-27-14-24(22)23/h1,5-8,11-14,17-18H,9-10,15-16H2,2-3H3/t18-/m1/s1. The fraction of sp³-hybridized carbons (Fsp3) is 0.269. The first-order valence-corrected chi connectivity index (χ1v) is 10.5.